The molecule has 0 aliphatic carbocycles. The molecule has 1 aromatic heterocycles. The molecular formula is C11H7N3O2S. The number of nitrogen functional groups attached to an aromatic ring is 1. The Labute approximate surface area is 99.6 Å². The number of para-hydroxylation sites is 1. The van der Waals surface area contributed by atoms with Crippen molar-refractivity contribution in [2.45, 2.75) is 0 Å². The maximum Gasteiger partial charge on any atom is 0.279 e. The van der Waals surface area contributed by atoms with Crippen molar-refractivity contribution in [2.75, 3.05) is 5.73 Å². The summed E-state index contributed by atoms with van der Waals surface area (Å²) in [6, 6.07) is 7.16. The van der Waals surface area contributed by atoms with Crippen molar-refractivity contribution in [1.82, 2.24) is 4.98 Å². The van der Waals surface area contributed by atoms with E-state index < -0.39 is 0 Å². The second-order valence-electron chi connectivity index (χ2n) is 3.51. The molecule has 17 heavy (non-hydrogen) atoms. The number of fused-ring (bicyclic) bond motifs is 1. The Hall–Kier alpha value is -2.21. The molecule has 0 fully saturated rings. The molecule has 3 N–H and O–H groups in total. The fourth-order valence-electron chi connectivity index (χ4n) is 1.77. The third-order valence-corrected chi connectivity index (χ3v) is 3.35. The lowest BCUT2D eigenvalue weighted by molar-refractivity contribution is -0.112. The first kappa shape index (κ1) is 9.98. The minimum absolute atomic E-state index is 0.220. The first-order chi connectivity index (χ1) is 8.16. The van der Waals surface area contributed by atoms with Crippen LogP contribution in [0.5, 0.6) is 5.88 Å². The monoisotopic (exact) mass is 245 g/mol. The number of benzene rings is 1. The Morgan fingerprint density at radius 3 is 2.76 bits per heavy atom. The molecule has 0 bridgehead atoms. The van der Waals surface area contributed by atoms with Crippen molar-refractivity contribution < 1.29 is 9.90 Å². The van der Waals surface area contributed by atoms with E-state index >= 15 is 0 Å². The molecule has 0 saturated heterocycles. The molecule has 1 aliphatic rings. The number of aromatic nitrogens is 1. The number of carbonyl (C=O) groups excluding carboxylic acids is 1. The molecule has 3 rings (SSSR count). The number of nitrogens with zero attached hydrogens (tertiary/aromatic N) is 2. The highest BCUT2D eigenvalue weighted by Gasteiger charge is 2.23. The molecular weight excluding hydrogens is 238 g/mol. The van der Waals surface area contributed by atoms with E-state index in [1.807, 2.05) is 6.07 Å². The summed E-state index contributed by atoms with van der Waals surface area (Å²) >= 11 is 1.08. The minimum atomic E-state index is -0.370. The van der Waals surface area contributed by atoms with Crippen LogP contribution < -0.4 is 16.3 Å². The highest BCUT2D eigenvalue weighted by molar-refractivity contribution is 7.17. The maximum absolute atomic E-state index is 11.8. The normalized spacial score (nSPS) is 13.6. The number of amides is 1. The Kier molecular flexibility index (Phi) is 1.99. The number of hydrogen-bond acceptors (Lipinski definition) is 5. The minimum Gasteiger partial charge on any atom is -0.492 e. The number of thiazole rings is 1. The van der Waals surface area contributed by atoms with Crippen LogP contribution in [0.4, 0.5) is 5.13 Å². The summed E-state index contributed by atoms with van der Waals surface area (Å²) < 4.78 is 0. The Morgan fingerprint density at radius 2 is 2.06 bits per heavy atom. The van der Waals surface area contributed by atoms with Crippen molar-refractivity contribution >= 4 is 27.9 Å². The summed E-state index contributed by atoms with van der Waals surface area (Å²) in [5, 5.41) is 11.2. The summed E-state index contributed by atoms with van der Waals surface area (Å²) in [5.41, 5.74) is 5.87. The van der Waals surface area contributed by atoms with E-state index in [0.29, 0.717) is 21.0 Å². The zero-order valence-electron chi connectivity index (χ0n) is 8.54. The lowest BCUT2D eigenvalue weighted by atomic mass is 10.1. The van der Waals surface area contributed by atoms with Gasteiger partial charge < -0.3 is 10.8 Å². The molecule has 2 heterocycles. The van der Waals surface area contributed by atoms with Crippen LogP contribution in [0, 0.1) is 0 Å². The molecule has 6 heteroatoms. The zero-order valence-corrected chi connectivity index (χ0v) is 9.36. The second kappa shape index (κ2) is 3.39. The van der Waals surface area contributed by atoms with Gasteiger partial charge in [-0.2, -0.15) is 4.98 Å². The van der Waals surface area contributed by atoms with Gasteiger partial charge in [0.05, 0.1) is 10.9 Å². The van der Waals surface area contributed by atoms with Crippen LogP contribution in [0.2, 0.25) is 0 Å². The second-order valence-corrected chi connectivity index (χ2v) is 4.54. The van der Waals surface area contributed by atoms with Crippen molar-refractivity contribution in [1.29, 1.82) is 0 Å². The molecule has 2 aromatic rings. The van der Waals surface area contributed by atoms with Gasteiger partial charge in [-0.3, -0.25) is 4.79 Å². The standard InChI is InChI=1S/C11H7N3O2S/c12-11-14-10(16)8(17-11)7-5-3-1-2-4-6(5)13-9(7)15/h1-4,16H,(H2,12,14). The highest BCUT2D eigenvalue weighted by atomic mass is 32.1. The molecule has 0 spiro atoms. The first-order valence-corrected chi connectivity index (χ1v) is 5.66. The van der Waals surface area contributed by atoms with E-state index in [0.717, 1.165) is 11.3 Å². The predicted octanol–water partition coefficient (Wildman–Crippen LogP) is -0.210. The predicted molar refractivity (Wildman–Crippen MR) is 62.9 cm³/mol. The summed E-state index contributed by atoms with van der Waals surface area (Å²) in [7, 11) is 0. The maximum atomic E-state index is 11.8. The van der Waals surface area contributed by atoms with Gasteiger partial charge in [-0.05, 0) is 6.07 Å². The van der Waals surface area contributed by atoms with E-state index in [9.17, 15) is 9.90 Å². The van der Waals surface area contributed by atoms with Crippen LogP contribution in [0.3, 0.4) is 0 Å². The van der Waals surface area contributed by atoms with Gasteiger partial charge in [0.2, 0.25) is 5.88 Å². The van der Waals surface area contributed by atoms with Crippen LogP contribution >= 0.6 is 11.3 Å². The van der Waals surface area contributed by atoms with Crippen molar-refractivity contribution in [3.05, 3.63) is 39.7 Å². The molecule has 0 atom stereocenters. The number of aromatic hydroxyl groups is 1. The Morgan fingerprint density at radius 1 is 1.29 bits per heavy atom. The molecule has 0 radical (unpaired) electrons. The van der Waals surface area contributed by atoms with Gasteiger partial charge in [0.15, 0.2) is 5.13 Å². The topological polar surface area (TPSA) is 88.6 Å². The number of nitrogens with two attached hydrogens (primary N) is 1. The Balaban J connectivity index is 2.40. The van der Waals surface area contributed by atoms with E-state index in [1.54, 1.807) is 18.2 Å². The van der Waals surface area contributed by atoms with Gasteiger partial charge in [-0.1, -0.05) is 29.5 Å². The Bertz CT molecular complexity index is 748. The molecule has 1 aromatic carbocycles. The number of hydrogen-bond donors (Lipinski definition) is 2. The smallest absolute Gasteiger partial charge is 0.279 e. The quantitative estimate of drug-likeness (QED) is 0.727. The summed E-state index contributed by atoms with van der Waals surface area (Å²) in [5.74, 6) is -0.590. The number of carbonyl (C=O) groups is 1. The van der Waals surface area contributed by atoms with Gasteiger partial charge in [0.25, 0.3) is 5.91 Å². The lowest BCUT2D eigenvalue weighted by Crippen LogP contribution is -2.22. The van der Waals surface area contributed by atoms with Crippen molar-refractivity contribution in [3.63, 3.8) is 0 Å². The molecule has 84 valence electrons. The zero-order chi connectivity index (χ0) is 12.0. The summed E-state index contributed by atoms with van der Waals surface area (Å²) in [4.78, 5) is 19.8. The van der Waals surface area contributed by atoms with Crippen molar-refractivity contribution in [2.24, 2.45) is 4.99 Å². The van der Waals surface area contributed by atoms with Gasteiger partial charge >= 0.3 is 0 Å². The van der Waals surface area contributed by atoms with Gasteiger partial charge in [-0.15, -0.1) is 0 Å². The van der Waals surface area contributed by atoms with Crippen LogP contribution in [0.1, 0.15) is 4.88 Å². The van der Waals surface area contributed by atoms with Crippen molar-refractivity contribution in [3.8, 4) is 5.88 Å². The van der Waals surface area contributed by atoms with Crippen LogP contribution in [-0.2, 0) is 4.79 Å². The highest BCUT2D eigenvalue weighted by Crippen LogP contribution is 2.32. The molecule has 0 unspecified atom stereocenters. The number of anilines is 1. The average Bonchev–Trinajstić information content (AvgIpc) is 2.77. The fourth-order valence-corrected chi connectivity index (χ4v) is 2.55. The van der Waals surface area contributed by atoms with E-state index in [1.165, 1.54) is 0 Å². The van der Waals surface area contributed by atoms with Gasteiger partial charge in [-0.25, -0.2) is 4.99 Å². The average molecular weight is 245 g/mol. The van der Waals surface area contributed by atoms with Gasteiger partial charge in [0.1, 0.15) is 4.88 Å². The third kappa shape index (κ3) is 1.42. The summed E-state index contributed by atoms with van der Waals surface area (Å²) in [6.45, 7) is 0. The van der Waals surface area contributed by atoms with Gasteiger partial charge in [0, 0.05) is 5.22 Å². The molecule has 0 saturated carbocycles. The van der Waals surface area contributed by atoms with E-state index in [-0.39, 0.29) is 16.9 Å². The van der Waals surface area contributed by atoms with E-state index in [2.05, 4.69) is 9.98 Å². The fraction of sp³-hybridized carbons (Fsp3) is 0. The van der Waals surface area contributed by atoms with E-state index in [4.69, 9.17) is 5.73 Å². The molecule has 5 nitrogen and oxygen atoms in total. The van der Waals surface area contributed by atoms with Crippen LogP contribution in [-0.4, -0.2) is 16.0 Å². The largest absolute Gasteiger partial charge is 0.492 e. The lowest BCUT2D eigenvalue weighted by Gasteiger charge is -1.94. The molecule has 1 amide bonds. The number of rotatable bonds is 1. The molecule has 1 aliphatic heterocycles. The third-order valence-electron chi connectivity index (χ3n) is 2.46. The summed E-state index contributed by atoms with van der Waals surface area (Å²) in [6.07, 6.45) is 0. The SMILES string of the molecule is Nc1nc(O)c(C2=c3ccccc3=NC2=O)s1. The van der Waals surface area contributed by atoms with Crippen LogP contribution in [0.15, 0.2) is 29.3 Å². The van der Waals surface area contributed by atoms with Crippen LogP contribution in [0.25, 0.3) is 5.57 Å². The first-order valence-electron chi connectivity index (χ1n) is 4.85.